The maximum absolute atomic E-state index is 13.2. The van der Waals surface area contributed by atoms with Crippen molar-refractivity contribution >= 4 is 5.91 Å². The van der Waals surface area contributed by atoms with E-state index in [1.807, 2.05) is 53.4 Å². The summed E-state index contributed by atoms with van der Waals surface area (Å²) < 4.78 is 5.90. The van der Waals surface area contributed by atoms with Crippen molar-refractivity contribution in [2.24, 2.45) is 0 Å². The van der Waals surface area contributed by atoms with Gasteiger partial charge in [-0.2, -0.15) is 0 Å². The predicted molar refractivity (Wildman–Crippen MR) is 125 cm³/mol. The van der Waals surface area contributed by atoms with E-state index >= 15 is 0 Å². The Bertz CT molecular complexity index is 1170. The van der Waals surface area contributed by atoms with E-state index in [0.29, 0.717) is 31.8 Å². The molecule has 0 bridgehead atoms. The minimum atomic E-state index is 0.0622. The van der Waals surface area contributed by atoms with E-state index < -0.39 is 0 Å². The second-order valence-electron chi connectivity index (χ2n) is 8.02. The molecule has 0 aliphatic rings. The Kier molecular flexibility index (Phi) is 6.75. The van der Waals surface area contributed by atoms with Gasteiger partial charge < -0.3 is 9.32 Å². The quantitative estimate of drug-likeness (QED) is 0.373. The summed E-state index contributed by atoms with van der Waals surface area (Å²) in [6.07, 6.45) is 6.07. The van der Waals surface area contributed by atoms with Crippen LogP contribution < -0.4 is 0 Å². The third-order valence-electron chi connectivity index (χ3n) is 5.51. The molecule has 0 aliphatic carbocycles. The van der Waals surface area contributed by atoms with Crippen LogP contribution in [-0.2, 0) is 24.3 Å². The first-order valence-electron chi connectivity index (χ1n) is 10.8. The molecular weight excluding hydrogens is 398 g/mol. The van der Waals surface area contributed by atoms with Crippen LogP contribution in [0, 0.1) is 13.8 Å². The van der Waals surface area contributed by atoms with Crippen LogP contribution in [0.2, 0.25) is 0 Å². The second-order valence-corrected chi connectivity index (χ2v) is 8.02. The standard InChI is InChI=1S/C27H27N3O2/c1-20-9-11-23(12-10-20)25-17-29-26(32-25)13-14-27(31)30(18-22-7-5-15-28-16-22)19-24-8-4-3-6-21(24)2/h3-12,15-17H,13-14,18-19H2,1-2H3. The van der Waals surface area contributed by atoms with Crippen molar-refractivity contribution < 1.29 is 9.21 Å². The Hall–Kier alpha value is -3.73. The highest BCUT2D eigenvalue weighted by atomic mass is 16.4. The molecule has 0 saturated carbocycles. The van der Waals surface area contributed by atoms with Crippen molar-refractivity contribution in [1.29, 1.82) is 0 Å². The van der Waals surface area contributed by atoms with E-state index in [9.17, 15) is 4.79 Å². The Morgan fingerprint density at radius 2 is 1.75 bits per heavy atom. The molecule has 1 amide bonds. The molecule has 0 radical (unpaired) electrons. The van der Waals surface area contributed by atoms with Crippen LogP contribution in [-0.4, -0.2) is 20.8 Å². The summed E-state index contributed by atoms with van der Waals surface area (Å²) in [6.45, 7) is 5.19. The number of nitrogens with zero attached hydrogens (tertiary/aromatic N) is 3. The Labute approximate surface area is 188 Å². The molecule has 0 N–H and O–H groups in total. The average Bonchev–Trinajstić information content (AvgIpc) is 3.29. The number of aryl methyl sites for hydroxylation is 3. The van der Waals surface area contributed by atoms with E-state index in [1.54, 1.807) is 18.6 Å². The van der Waals surface area contributed by atoms with Crippen LogP contribution in [0.3, 0.4) is 0 Å². The minimum Gasteiger partial charge on any atom is -0.441 e. The van der Waals surface area contributed by atoms with E-state index in [4.69, 9.17) is 4.42 Å². The average molecular weight is 426 g/mol. The van der Waals surface area contributed by atoms with Crippen LogP contribution in [0.1, 0.15) is 34.6 Å². The van der Waals surface area contributed by atoms with Crippen molar-refractivity contribution in [3.05, 3.63) is 107 Å². The summed E-state index contributed by atoms with van der Waals surface area (Å²) in [5.41, 5.74) is 5.50. The van der Waals surface area contributed by atoms with Gasteiger partial charge in [-0.05, 0) is 36.6 Å². The molecule has 4 aromatic rings. The SMILES string of the molecule is Cc1ccc(-c2cnc(CCC(=O)N(Cc3cccnc3)Cc3ccccc3C)o2)cc1. The van der Waals surface area contributed by atoms with Gasteiger partial charge in [0.25, 0.3) is 0 Å². The van der Waals surface area contributed by atoms with Gasteiger partial charge in [-0.25, -0.2) is 4.98 Å². The first-order valence-corrected chi connectivity index (χ1v) is 10.8. The normalized spacial score (nSPS) is 10.8. The lowest BCUT2D eigenvalue weighted by Gasteiger charge is -2.23. The molecule has 0 atom stereocenters. The fourth-order valence-corrected chi connectivity index (χ4v) is 3.59. The fourth-order valence-electron chi connectivity index (χ4n) is 3.59. The van der Waals surface area contributed by atoms with Crippen LogP contribution in [0.25, 0.3) is 11.3 Å². The molecule has 5 heteroatoms. The Morgan fingerprint density at radius 1 is 0.938 bits per heavy atom. The van der Waals surface area contributed by atoms with Crippen LogP contribution in [0.15, 0.2) is 83.7 Å². The predicted octanol–water partition coefficient (Wildman–Crippen LogP) is 5.52. The monoisotopic (exact) mass is 425 g/mol. The zero-order valence-corrected chi connectivity index (χ0v) is 18.5. The van der Waals surface area contributed by atoms with Crippen LogP contribution in [0.5, 0.6) is 0 Å². The molecule has 0 fully saturated rings. The van der Waals surface area contributed by atoms with Gasteiger partial charge in [-0.1, -0.05) is 60.2 Å². The van der Waals surface area contributed by atoms with Crippen molar-refractivity contribution in [1.82, 2.24) is 14.9 Å². The first kappa shape index (κ1) is 21.5. The molecule has 0 spiro atoms. The number of hydrogen-bond acceptors (Lipinski definition) is 4. The highest BCUT2D eigenvalue weighted by Crippen LogP contribution is 2.22. The molecule has 5 nitrogen and oxygen atoms in total. The van der Waals surface area contributed by atoms with Gasteiger partial charge in [0.2, 0.25) is 5.91 Å². The molecule has 2 aromatic heterocycles. The molecule has 2 heterocycles. The van der Waals surface area contributed by atoms with Crippen LogP contribution in [0.4, 0.5) is 0 Å². The Balaban J connectivity index is 1.45. The van der Waals surface area contributed by atoms with Gasteiger partial charge in [0.15, 0.2) is 11.7 Å². The number of aromatic nitrogens is 2. The summed E-state index contributed by atoms with van der Waals surface area (Å²) in [6, 6.07) is 20.2. The molecule has 2 aromatic carbocycles. The minimum absolute atomic E-state index is 0.0622. The highest BCUT2D eigenvalue weighted by Gasteiger charge is 2.17. The van der Waals surface area contributed by atoms with Crippen molar-refractivity contribution in [3.8, 4) is 11.3 Å². The van der Waals surface area contributed by atoms with Gasteiger partial charge >= 0.3 is 0 Å². The number of pyridine rings is 1. The molecule has 0 unspecified atom stereocenters. The van der Waals surface area contributed by atoms with Gasteiger partial charge in [-0.15, -0.1) is 0 Å². The smallest absolute Gasteiger partial charge is 0.223 e. The van der Waals surface area contributed by atoms with E-state index in [-0.39, 0.29) is 5.91 Å². The number of carbonyl (C=O) groups is 1. The Morgan fingerprint density at radius 3 is 2.50 bits per heavy atom. The summed E-state index contributed by atoms with van der Waals surface area (Å²) in [7, 11) is 0. The largest absolute Gasteiger partial charge is 0.441 e. The van der Waals surface area contributed by atoms with Crippen LogP contribution >= 0.6 is 0 Å². The summed E-state index contributed by atoms with van der Waals surface area (Å²) >= 11 is 0. The molecule has 32 heavy (non-hydrogen) atoms. The molecule has 0 saturated heterocycles. The number of hydrogen-bond donors (Lipinski definition) is 0. The summed E-state index contributed by atoms with van der Waals surface area (Å²) in [5, 5.41) is 0. The highest BCUT2D eigenvalue weighted by molar-refractivity contribution is 5.76. The topological polar surface area (TPSA) is 59.2 Å². The second kappa shape index (κ2) is 10.1. The number of amides is 1. The zero-order chi connectivity index (χ0) is 22.3. The third-order valence-corrected chi connectivity index (χ3v) is 5.51. The van der Waals surface area contributed by atoms with Gasteiger partial charge in [0.1, 0.15) is 0 Å². The fraction of sp³-hybridized carbons (Fsp3) is 0.222. The lowest BCUT2D eigenvalue weighted by Crippen LogP contribution is -2.30. The molecule has 162 valence electrons. The van der Waals surface area contributed by atoms with Crippen molar-refractivity contribution in [2.45, 2.75) is 39.8 Å². The number of oxazole rings is 1. The van der Waals surface area contributed by atoms with E-state index in [1.165, 1.54) is 11.1 Å². The van der Waals surface area contributed by atoms with E-state index in [0.717, 1.165) is 22.5 Å². The van der Waals surface area contributed by atoms with Gasteiger partial charge in [-0.3, -0.25) is 9.78 Å². The van der Waals surface area contributed by atoms with Crippen molar-refractivity contribution in [2.75, 3.05) is 0 Å². The first-order chi connectivity index (χ1) is 15.6. The maximum Gasteiger partial charge on any atom is 0.223 e. The molecular formula is C27H27N3O2. The summed E-state index contributed by atoms with van der Waals surface area (Å²) in [5.74, 6) is 1.36. The zero-order valence-electron chi connectivity index (χ0n) is 18.5. The number of benzene rings is 2. The maximum atomic E-state index is 13.2. The molecule has 0 aliphatic heterocycles. The van der Waals surface area contributed by atoms with E-state index in [2.05, 4.69) is 35.9 Å². The lowest BCUT2D eigenvalue weighted by molar-refractivity contribution is -0.132. The molecule has 4 rings (SSSR count). The van der Waals surface area contributed by atoms with Gasteiger partial charge in [0, 0.05) is 43.9 Å². The lowest BCUT2D eigenvalue weighted by atomic mass is 10.1. The number of rotatable bonds is 8. The van der Waals surface area contributed by atoms with Gasteiger partial charge in [0.05, 0.1) is 6.20 Å². The number of carbonyl (C=O) groups excluding carboxylic acids is 1. The summed E-state index contributed by atoms with van der Waals surface area (Å²) in [4.78, 5) is 23.6. The third kappa shape index (κ3) is 5.49. The van der Waals surface area contributed by atoms with Crippen molar-refractivity contribution in [3.63, 3.8) is 0 Å².